The van der Waals surface area contributed by atoms with E-state index in [2.05, 4.69) is 20.3 Å². The van der Waals surface area contributed by atoms with Gasteiger partial charge in [-0.15, -0.1) is 0 Å². The number of H-pyrrole nitrogens is 1. The Morgan fingerprint density at radius 3 is 3.07 bits per heavy atom. The zero-order chi connectivity index (χ0) is 19.3. The fraction of sp³-hybridized carbons (Fsp3) is 0.400. The van der Waals surface area contributed by atoms with Crippen LogP contribution in [0, 0.1) is 0 Å². The number of methoxy groups -OCH3 is 1. The predicted molar refractivity (Wildman–Crippen MR) is 102 cm³/mol. The molecule has 1 fully saturated rings. The molecule has 0 radical (unpaired) electrons. The first-order valence-corrected chi connectivity index (χ1v) is 9.47. The van der Waals surface area contributed by atoms with Crippen molar-refractivity contribution in [1.29, 1.82) is 0 Å². The van der Waals surface area contributed by atoms with Crippen LogP contribution in [0.15, 0.2) is 41.1 Å². The van der Waals surface area contributed by atoms with Crippen molar-refractivity contribution >= 4 is 5.91 Å². The summed E-state index contributed by atoms with van der Waals surface area (Å²) >= 11 is 0. The minimum absolute atomic E-state index is 0.112. The van der Waals surface area contributed by atoms with Crippen molar-refractivity contribution in [2.24, 2.45) is 0 Å². The number of carbonyl (C=O) groups excluding carboxylic acids is 1. The number of likely N-dealkylation sites (tertiary alicyclic amines) is 1. The van der Waals surface area contributed by atoms with Gasteiger partial charge in [0.15, 0.2) is 0 Å². The molecule has 1 aliphatic heterocycles. The molecule has 28 heavy (non-hydrogen) atoms. The number of aromatic nitrogens is 4. The Labute approximate surface area is 162 Å². The van der Waals surface area contributed by atoms with Crippen molar-refractivity contribution < 1.29 is 14.1 Å². The molecule has 3 aromatic rings. The van der Waals surface area contributed by atoms with E-state index >= 15 is 0 Å². The highest BCUT2D eigenvalue weighted by Crippen LogP contribution is 2.28. The van der Waals surface area contributed by atoms with Crippen LogP contribution in [0.2, 0.25) is 0 Å². The Morgan fingerprint density at radius 1 is 1.36 bits per heavy atom. The van der Waals surface area contributed by atoms with Crippen molar-refractivity contribution in [1.82, 2.24) is 25.2 Å². The number of rotatable bonds is 6. The van der Waals surface area contributed by atoms with Crippen LogP contribution in [0.5, 0.6) is 5.75 Å². The molecule has 1 saturated heterocycles. The van der Waals surface area contributed by atoms with Crippen molar-refractivity contribution in [2.75, 3.05) is 20.2 Å². The third kappa shape index (κ3) is 3.90. The van der Waals surface area contributed by atoms with Gasteiger partial charge < -0.3 is 14.2 Å². The van der Waals surface area contributed by atoms with Gasteiger partial charge in [-0.05, 0) is 31.0 Å². The van der Waals surface area contributed by atoms with Crippen LogP contribution in [0.1, 0.15) is 36.8 Å². The van der Waals surface area contributed by atoms with Gasteiger partial charge >= 0.3 is 0 Å². The number of nitrogens with one attached hydrogen (secondary N) is 1. The zero-order valence-electron chi connectivity index (χ0n) is 15.8. The molecular formula is C20H23N5O3. The molecule has 4 rings (SSSR count). The number of benzene rings is 1. The van der Waals surface area contributed by atoms with Crippen LogP contribution in [0.4, 0.5) is 0 Å². The molecule has 1 aliphatic rings. The quantitative estimate of drug-likeness (QED) is 0.705. The molecule has 0 spiro atoms. The summed E-state index contributed by atoms with van der Waals surface area (Å²) < 4.78 is 10.7. The number of aryl methyl sites for hydroxylation is 1. The molecule has 146 valence electrons. The number of para-hydroxylation sites is 1. The highest BCUT2D eigenvalue weighted by atomic mass is 16.5. The van der Waals surface area contributed by atoms with E-state index in [0.717, 1.165) is 37.2 Å². The first-order chi connectivity index (χ1) is 13.7. The van der Waals surface area contributed by atoms with Gasteiger partial charge in [-0.2, -0.15) is 10.1 Å². The van der Waals surface area contributed by atoms with E-state index in [0.29, 0.717) is 36.2 Å². The Bertz CT molecular complexity index is 922. The molecule has 2 aromatic heterocycles. The van der Waals surface area contributed by atoms with Crippen molar-refractivity contribution in [3.8, 4) is 17.1 Å². The lowest BCUT2D eigenvalue weighted by Gasteiger charge is -2.32. The molecular weight excluding hydrogens is 358 g/mol. The molecule has 1 atom stereocenters. The smallest absolute Gasteiger partial charge is 0.227 e. The van der Waals surface area contributed by atoms with E-state index in [-0.39, 0.29) is 5.91 Å². The van der Waals surface area contributed by atoms with Gasteiger partial charge in [-0.25, -0.2) is 0 Å². The average Bonchev–Trinajstić information content (AvgIpc) is 3.44. The van der Waals surface area contributed by atoms with Crippen LogP contribution < -0.4 is 4.74 Å². The predicted octanol–water partition coefficient (Wildman–Crippen LogP) is 2.81. The number of amides is 1. The monoisotopic (exact) mass is 381 g/mol. The second-order valence-electron chi connectivity index (χ2n) is 6.90. The van der Waals surface area contributed by atoms with Crippen molar-refractivity contribution in [3.05, 3.63) is 48.1 Å². The van der Waals surface area contributed by atoms with Crippen LogP contribution in [0.25, 0.3) is 11.4 Å². The van der Waals surface area contributed by atoms with Gasteiger partial charge in [0.2, 0.25) is 17.6 Å². The molecule has 0 unspecified atom stereocenters. The topological polar surface area (TPSA) is 97.1 Å². The minimum atomic E-state index is 0.112. The lowest BCUT2D eigenvalue weighted by molar-refractivity contribution is -0.132. The number of hydrogen-bond donors (Lipinski definition) is 1. The number of hydrogen-bond acceptors (Lipinski definition) is 6. The Morgan fingerprint density at radius 2 is 2.25 bits per heavy atom. The highest BCUT2D eigenvalue weighted by Gasteiger charge is 2.25. The van der Waals surface area contributed by atoms with Crippen LogP contribution in [-0.4, -0.2) is 51.3 Å². The van der Waals surface area contributed by atoms with E-state index in [1.54, 1.807) is 13.3 Å². The highest BCUT2D eigenvalue weighted by molar-refractivity contribution is 5.76. The molecule has 1 aromatic carbocycles. The van der Waals surface area contributed by atoms with E-state index < -0.39 is 0 Å². The molecule has 0 aliphatic carbocycles. The van der Waals surface area contributed by atoms with Gasteiger partial charge in [0, 0.05) is 43.7 Å². The first kappa shape index (κ1) is 18.2. The summed E-state index contributed by atoms with van der Waals surface area (Å²) in [5.41, 5.74) is 1.86. The first-order valence-electron chi connectivity index (χ1n) is 9.47. The lowest BCUT2D eigenvalue weighted by atomic mass is 9.94. The van der Waals surface area contributed by atoms with Gasteiger partial charge in [-0.3, -0.25) is 9.89 Å². The summed E-state index contributed by atoms with van der Waals surface area (Å²) in [7, 11) is 1.60. The fourth-order valence-corrected chi connectivity index (χ4v) is 3.62. The van der Waals surface area contributed by atoms with Gasteiger partial charge in [0.25, 0.3) is 0 Å². The number of ether oxygens (including phenoxy) is 1. The normalized spacial score (nSPS) is 16.9. The Balaban J connectivity index is 1.36. The Hall–Kier alpha value is -3.16. The molecule has 0 bridgehead atoms. The van der Waals surface area contributed by atoms with Gasteiger partial charge in [-0.1, -0.05) is 17.3 Å². The zero-order valence-corrected chi connectivity index (χ0v) is 15.8. The molecule has 1 N–H and O–H groups in total. The number of piperidine rings is 1. The fourth-order valence-electron chi connectivity index (χ4n) is 3.62. The standard InChI is InChI=1S/C20H23N5O3/c1-27-17-7-3-2-6-15(17)20-22-18(28-24-20)8-9-19(26)25-12-4-5-14(13-25)16-10-11-21-23-16/h2-3,6-7,10-11,14H,4-5,8-9,12-13H2,1H3,(H,21,23)/t14-/m0/s1. The van der Waals surface area contributed by atoms with Crippen LogP contribution >= 0.6 is 0 Å². The molecule has 1 amide bonds. The largest absolute Gasteiger partial charge is 0.496 e. The summed E-state index contributed by atoms with van der Waals surface area (Å²) in [6, 6.07) is 9.49. The van der Waals surface area contributed by atoms with E-state index in [1.807, 2.05) is 35.2 Å². The summed E-state index contributed by atoms with van der Waals surface area (Å²) in [6.07, 6.45) is 4.59. The van der Waals surface area contributed by atoms with Gasteiger partial charge in [0.1, 0.15) is 5.75 Å². The maximum atomic E-state index is 12.7. The van der Waals surface area contributed by atoms with E-state index in [4.69, 9.17) is 9.26 Å². The van der Waals surface area contributed by atoms with Gasteiger partial charge in [0.05, 0.1) is 12.7 Å². The van der Waals surface area contributed by atoms with Crippen LogP contribution in [0.3, 0.4) is 0 Å². The number of nitrogens with zero attached hydrogens (tertiary/aromatic N) is 4. The molecule has 8 nitrogen and oxygen atoms in total. The average molecular weight is 381 g/mol. The number of aromatic amines is 1. The molecule has 0 saturated carbocycles. The van der Waals surface area contributed by atoms with Crippen LogP contribution in [-0.2, 0) is 11.2 Å². The summed E-state index contributed by atoms with van der Waals surface area (Å²) in [5, 5.41) is 11.1. The summed E-state index contributed by atoms with van der Waals surface area (Å²) in [6.45, 7) is 1.51. The third-order valence-electron chi connectivity index (χ3n) is 5.10. The van der Waals surface area contributed by atoms with Crippen molar-refractivity contribution in [2.45, 2.75) is 31.6 Å². The third-order valence-corrected chi connectivity index (χ3v) is 5.10. The van der Waals surface area contributed by atoms with E-state index in [9.17, 15) is 4.79 Å². The Kier molecular flexibility index (Phi) is 5.36. The maximum Gasteiger partial charge on any atom is 0.227 e. The number of carbonyl (C=O) groups is 1. The SMILES string of the molecule is COc1ccccc1-c1noc(CCC(=O)N2CCC[C@H](c3ccn[nH]3)C2)n1. The molecule has 3 heterocycles. The second kappa shape index (κ2) is 8.24. The minimum Gasteiger partial charge on any atom is -0.496 e. The van der Waals surface area contributed by atoms with Crippen molar-refractivity contribution in [3.63, 3.8) is 0 Å². The molecule has 8 heteroatoms. The summed E-state index contributed by atoms with van der Waals surface area (Å²) in [4.78, 5) is 19.0. The maximum absolute atomic E-state index is 12.7. The summed E-state index contributed by atoms with van der Waals surface area (Å²) in [5.74, 6) is 2.04. The second-order valence-corrected chi connectivity index (χ2v) is 6.90. The van der Waals surface area contributed by atoms with E-state index in [1.165, 1.54) is 0 Å². The lowest BCUT2D eigenvalue weighted by Crippen LogP contribution is -2.39.